The molecule has 0 amide bonds. The fraction of sp³-hybridized carbons (Fsp3) is 0.500. The van der Waals surface area contributed by atoms with Crippen LogP contribution in [0, 0.1) is 0 Å². The maximum Gasteiger partial charge on any atom is 0.428 e. The fourth-order valence-electron chi connectivity index (χ4n) is 1.44. The molecule has 1 fully saturated rings. The van der Waals surface area contributed by atoms with Gasteiger partial charge in [0.2, 0.25) is 6.23 Å². The summed E-state index contributed by atoms with van der Waals surface area (Å²) < 4.78 is 46.8. The zero-order valence-electron chi connectivity index (χ0n) is 8.78. The van der Waals surface area contributed by atoms with Crippen molar-refractivity contribution < 1.29 is 22.6 Å². The lowest BCUT2D eigenvalue weighted by Gasteiger charge is -2.15. The number of halogens is 3. The van der Waals surface area contributed by atoms with E-state index < -0.39 is 18.5 Å². The van der Waals surface area contributed by atoms with Crippen LogP contribution in [0.15, 0.2) is 24.5 Å². The summed E-state index contributed by atoms with van der Waals surface area (Å²) in [4.78, 5) is 3.80. The van der Waals surface area contributed by atoms with E-state index in [2.05, 4.69) is 10.3 Å². The van der Waals surface area contributed by atoms with Crippen LogP contribution in [0.4, 0.5) is 13.2 Å². The van der Waals surface area contributed by atoms with Crippen molar-refractivity contribution in [2.24, 2.45) is 0 Å². The summed E-state index contributed by atoms with van der Waals surface area (Å²) in [7, 11) is 0. The van der Waals surface area contributed by atoms with E-state index in [1.165, 1.54) is 0 Å². The molecule has 7 heteroatoms. The van der Waals surface area contributed by atoms with Crippen molar-refractivity contribution in [1.29, 1.82) is 0 Å². The Bertz CT molecular complexity index is 358. The van der Waals surface area contributed by atoms with Gasteiger partial charge in [-0.3, -0.25) is 10.3 Å². The van der Waals surface area contributed by atoms with E-state index in [4.69, 9.17) is 9.47 Å². The molecule has 17 heavy (non-hydrogen) atoms. The minimum atomic E-state index is -4.38. The minimum absolute atomic E-state index is 0.0730. The molecule has 4 nitrogen and oxygen atoms in total. The van der Waals surface area contributed by atoms with Gasteiger partial charge in [-0.15, -0.1) is 0 Å². The van der Waals surface area contributed by atoms with E-state index in [0.717, 1.165) is 0 Å². The molecule has 2 heterocycles. The highest BCUT2D eigenvalue weighted by molar-refractivity contribution is 5.16. The first kappa shape index (κ1) is 12.1. The van der Waals surface area contributed by atoms with Crippen LogP contribution < -0.4 is 10.1 Å². The highest BCUT2D eigenvalue weighted by Gasteiger charge is 2.45. The van der Waals surface area contributed by atoms with Crippen molar-refractivity contribution in [2.75, 3.05) is 13.2 Å². The molecule has 0 aliphatic carbocycles. The molecule has 1 N–H and O–H groups in total. The van der Waals surface area contributed by atoms with Gasteiger partial charge in [0.1, 0.15) is 18.5 Å². The summed E-state index contributed by atoms with van der Waals surface area (Å²) in [5, 5.41) is 2.24. The van der Waals surface area contributed by atoms with Crippen LogP contribution in [0.3, 0.4) is 0 Å². The van der Waals surface area contributed by atoms with Crippen LogP contribution >= 0.6 is 0 Å². The normalized spacial score (nSPS) is 24.9. The van der Waals surface area contributed by atoms with Gasteiger partial charge in [0.05, 0.1) is 0 Å². The lowest BCUT2D eigenvalue weighted by molar-refractivity contribution is -0.221. The monoisotopic (exact) mass is 248 g/mol. The molecule has 0 saturated carbocycles. The number of nitrogens with one attached hydrogen (secondary N) is 1. The third kappa shape index (κ3) is 3.31. The largest absolute Gasteiger partial charge is 0.491 e. The first-order chi connectivity index (χ1) is 8.05. The molecule has 0 unspecified atom stereocenters. The molecule has 0 radical (unpaired) electrons. The Hall–Kier alpha value is -1.34. The smallest absolute Gasteiger partial charge is 0.428 e. The maximum absolute atomic E-state index is 12.3. The van der Waals surface area contributed by atoms with Crippen LogP contribution in [-0.2, 0) is 4.74 Å². The van der Waals surface area contributed by atoms with Gasteiger partial charge in [-0.05, 0) is 12.1 Å². The van der Waals surface area contributed by atoms with Crippen molar-refractivity contribution in [2.45, 2.75) is 18.5 Å². The molecule has 1 aromatic rings. The van der Waals surface area contributed by atoms with Crippen molar-refractivity contribution in [3.05, 3.63) is 24.5 Å². The molecule has 1 aliphatic rings. The van der Waals surface area contributed by atoms with Crippen LogP contribution in [0.2, 0.25) is 0 Å². The summed E-state index contributed by atoms with van der Waals surface area (Å²) in [5.74, 6) is 0.555. The van der Waals surface area contributed by atoms with E-state index in [9.17, 15) is 13.2 Å². The predicted octanol–water partition coefficient (Wildman–Crippen LogP) is 1.34. The third-order valence-corrected chi connectivity index (χ3v) is 2.24. The second-order valence-electron chi connectivity index (χ2n) is 3.58. The number of hydrogen-bond acceptors (Lipinski definition) is 4. The Kier molecular flexibility index (Phi) is 3.49. The second kappa shape index (κ2) is 4.89. The van der Waals surface area contributed by atoms with E-state index in [0.29, 0.717) is 5.75 Å². The van der Waals surface area contributed by atoms with Crippen molar-refractivity contribution in [3.63, 3.8) is 0 Å². The number of nitrogens with zero attached hydrogens (tertiary/aromatic N) is 1. The lowest BCUT2D eigenvalue weighted by Crippen LogP contribution is -2.38. The van der Waals surface area contributed by atoms with Gasteiger partial charge in [-0.25, -0.2) is 0 Å². The number of pyridine rings is 1. The third-order valence-electron chi connectivity index (χ3n) is 2.24. The summed E-state index contributed by atoms with van der Waals surface area (Å²) in [5.41, 5.74) is 0. The van der Waals surface area contributed by atoms with Gasteiger partial charge in [0.15, 0.2) is 0 Å². The Morgan fingerprint density at radius 2 is 2.12 bits per heavy atom. The lowest BCUT2D eigenvalue weighted by atomic mass is 10.4. The Morgan fingerprint density at radius 1 is 1.41 bits per heavy atom. The molecule has 2 atom stereocenters. The average molecular weight is 248 g/mol. The first-order valence-electron chi connectivity index (χ1n) is 5.04. The summed E-state index contributed by atoms with van der Waals surface area (Å²) in [6.07, 6.45) is -3.79. The molecular weight excluding hydrogens is 237 g/mol. The van der Waals surface area contributed by atoms with Gasteiger partial charge < -0.3 is 9.47 Å². The standard InChI is InChI=1S/C10H11F3N2O2/c11-10(12,13)9-15-5-8(17-9)6-16-7-1-3-14-4-2-7/h1-4,8-9,15H,5-6H2/t8-,9+/m0/s1. The highest BCUT2D eigenvalue weighted by Crippen LogP contribution is 2.25. The minimum Gasteiger partial charge on any atom is -0.491 e. The van der Waals surface area contributed by atoms with Gasteiger partial charge in [-0.1, -0.05) is 0 Å². The fourth-order valence-corrected chi connectivity index (χ4v) is 1.44. The molecule has 94 valence electrons. The van der Waals surface area contributed by atoms with Gasteiger partial charge in [-0.2, -0.15) is 13.2 Å². The Balaban J connectivity index is 1.79. The van der Waals surface area contributed by atoms with E-state index in [1.54, 1.807) is 24.5 Å². The average Bonchev–Trinajstić information content (AvgIpc) is 2.76. The molecule has 2 rings (SSSR count). The second-order valence-corrected chi connectivity index (χ2v) is 3.58. The van der Waals surface area contributed by atoms with Gasteiger partial charge >= 0.3 is 6.18 Å². The molecule has 1 aliphatic heterocycles. The van der Waals surface area contributed by atoms with Crippen LogP contribution in [0.1, 0.15) is 0 Å². The molecular formula is C10H11F3N2O2. The zero-order chi connectivity index (χ0) is 12.3. The quantitative estimate of drug-likeness (QED) is 0.876. The van der Waals surface area contributed by atoms with E-state index in [1.807, 2.05) is 0 Å². The number of ether oxygens (including phenoxy) is 2. The highest BCUT2D eigenvalue weighted by atomic mass is 19.4. The SMILES string of the molecule is FC(F)(F)[C@@H]1NC[C@@H](COc2ccncc2)O1. The Labute approximate surface area is 95.7 Å². The molecule has 0 bridgehead atoms. The maximum atomic E-state index is 12.3. The van der Waals surface area contributed by atoms with Gasteiger partial charge in [0.25, 0.3) is 0 Å². The molecule has 1 aromatic heterocycles. The summed E-state index contributed by atoms with van der Waals surface area (Å²) in [6, 6.07) is 3.26. The molecule has 0 spiro atoms. The topological polar surface area (TPSA) is 43.4 Å². The van der Waals surface area contributed by atoms with Crippen molar-refractivity contribution in [3.8, 4) is 5.75 Å². The van der Waals surface area contributed by atoms with Crippen molar-refractivity contribution >= 4 is 0 Å². The number of rotatable bonds is 3. The van der Waals surface area contributed by atoms with Crippen molar-refractivity contribution in [1.82, 2.24) is 10.3 Å². The van der Waals surface area contributed by atoms with Crippen LogP contribution in [0.5, 0.6) is 5.75 Å². The number of hydrogen-bond donors (Lipinski definition) is 1. The van der Waals surface area contributed by atoms with E-state index in [-0.39, 0.29) is 13.2 Å². The summed E-state index contributed by atoms with van der Waals surface area (Å²) >= 11 is 0. The van der Waals surface area contributed by atoms with Crippen LogP contribution in [0.25, 0.3) is 0 Å². The zero-order valence-corrected chi connectivity index (χ0v) is 8.78. The summed E-state index contributed by atoms with van der Waals surface area (Å²) in [6.45, 7) is 0.193. The molecule has 1 saturated heterocycles. The van der Waals surface area contributed by atoms with E-state index >= 15 is 0 Å². The number of aromatic nitrogens is 1. The Morgan fingerprint density at radius 3 is 2.71 bits per heavy atom. The number of alkyl halides is 3. The molecule has 0 aromatic carbocycles. The van der Waals surface area contributed by atoms with Gasteiger partial charge in [0, 0.05) is 18.9 Å². The first-order valence-corrected chi connectivity index (χ1v) is 5.04. The van der Waals surface area contributed by atoms with Crippen LogP contribution in [-0.4, -0.2) is 36.6 Å². The predicted molar refractivity (Wildman–Crippen MR) is 52.5 cm³/mol.